The van der Waals surface area contributed by atoms with E-state index in [2.05, 4.69) is 41.0 Å². The molecule has 0 atom stereocenters. The number of nitrogens with zero attached hydrogens (tertiary/aromatic N) is 2. The third-order valence-electron chi connectivity index (χ3n) is 4.24. The third kappa shape index (κ3) is 7.24. The lowest BCUT2D eigenvalue weighted by molar-refractivity contribution is -0.144. The molecule has 0 aliphatic heterocycles. The Kier molecular flexibility index (Phi) is 8.44. The van der Waals surface area contributed by atoms with Crippen LogP contribution in [0.4, 0.5) is 13.2 Å². The maximum Gasteiger partial charge on any atom is 0.433 e. The monoisotopic (exact) mass is 495 g/mol. The lowest BCUT2D eigenvalue weighted by atomic mass is 10.0. The first-order chi connectivity index (χ1) is 14.5. The fourth-order valence-corrected chi connectivity index (χ4v) is 3.34. The zero-order valence-electron chi connectivity index (χ0n) is 17.8. The van der Waals surface area contributed by atoms with E-state index in [1.165, 1.54) is 7.11 Å². The van der Waals surface area contributed by atoms with Crippen LogP contribution in [0.1, 0.15) is 30.8 Å². The minimum Gasteiger partial charge on any atom is -0.497 e. The largest absolute Gasteiger partial charge is 0.497 e. The van der Waals surface area contributed by atoms with Gasteiger partial charge in [-0.3, -0.25) is 4.68 Å². The van der Waals surface area contributed by atoms with E-state index >= 15 is 0 Å². The Hall–Kier alpha value is -2.61. The predicted octanol–water partition coefficient (Wildman–Crippen LogP) is 6.70. The molecule has 1 aromatic carbocycles. The van der Waals surface area contributed by atoms with E-state index in [1.807, 2.05) is 12.2 Å². The Labute approximate surface area is 188 Å². The number of hydrogen-bond acceptors (Lipinski definition) is 3. The zero-order chi connectivity index (χ0) is 23.2. The number of ether oxygens (including phenoxy) is 1. The summed E-state index contributed by atoms with van der Waals surface area (Å²) >= 11 is 3.42. The minimum absolute atomic E-state index is 0.0761. The first-order valence-electron chi connectivity index (χ1n) is 9.60. The highest BCUT2D eigenvalue weighted by molar-refractivity contribution is 9.12. The molecule has 166 valence electrons. The zero-order valence-corrected chi connectivity index (χ0v) is 19.4. The smallest absolute Gasteiger partial charge is 0.433 e. The molecule has 1 aliphatic carbocycles. The summed E-state index contributed by atoms with van der Waals surface area (Å²) in [7, 11) is 1.54. The van der Waals surface area contributed by atoms with Gasteiger partial charge in [0.15, 0.2) is 0 Å². The van der Waals surface area contributed by atoms with Gasteiger partial charge >= 0.3 is 6.18 Å². The molecule has 3 rings (SSSR count). The van der Waals surface area contributed by atoms with Crippen LogP contribution in [-0.4, -0.2) is 22.6 Å². The molecule has 1 heterocycles. The van der Waals surface area contributed by atoms with Crippen LogP contribution in [0, 0.1) is 18.3 Å². The summed E-state index contributed by atoms with van der Waals surface area (Å²) in [6.45, 7) is 5.84. The van der Waals surface area contributed by atoms with Gasteiger partial charge in [-0.2, -0.15) is 18.3 Å². The van der Waals surface area contributed by atoms with Crippen LogP contribution < -0.4 is 4.74 Å². The summed E-state index contributed by atoms with van der Waals surface area (Å²) < 4.78 is 45.4. The number of benzene rings is 1. The first-order valence-corrected chi connectivity index (χ1v) is 10.4. The van der Waals surface area contributed by atoms with Crippen LogP contribution in [0.5, 0.6) is 5.75 Å². The van der Waals surface area contributed by atoms with Gasteiger partial charge in [0.1, 0.15) is 11.4 Å². The molecule has 0 bridgehead atoms. The lowest BCUT2D eigenvalue weighted by Gasteiger charge is -2.10. The van der Waals surface area contributed by atoms with E-state index in [0.29, 0.717) is 23.1 Å². The second-order valence-corrected chi connectivity index (χ2v) is 8.14. The molecule has 0 unspecified atom stereocenters. The first kappa shape index (κ1) is 24.7. The van der Waals surface area contributed by atoms with Crippen LogP contribution in [0.2, 0.25) is 0 Å². The molecule has 0 amide bonds. The van der Waals surface area contributed by atoms with Crippen molar-refractivity contribution in [3.8, 4) is 5.75 Å². The summed E-state index contributed by atoms with van der Waals surface area (Å²) in [5, 5.41) is 11.5. The predicted molar refractivity (Wildman–Crippen MR) is 121 cm³/mol. The number of alkyl halides is 3. The van der Waals surface area contributed by atoms with Crippen LogP contribution in [0.3, 0.4) is 0 Å². The van der Waals surface area contributed by atoms with Gasteiger partial charge in [0, 0.05) is 10.1 Å². The molecule has 1 aromatic heterocycles. The SMILES string of the molecule is CC(C)/C=C1\C(=N)C=CC=C1Br.COc1ccc(Cn2nc(C)cc2C(F)(F)F)cc1. The van der Waals surface area contributed by atoms with Crippen molar-refractivity contribution in [2.75, 3.05) is 7.11 Å². The average Bonchev–Trinajstić information content (AvgIpc) is 3.06. The number of allylic oxidation sites excluding steroid dienone is 6. The van der Waals surface area contributed by atoms with E-state index in [4.69, 9.17) is 10.1 Å². The van der Waals surface area contributed by atoms with Crippen molar-refractivity contribution in [2.45, 2.75) is 33.5 Å². The van der Waals surface area contributed by atoms with Gasteiger partial charge in [0.25, 0.3) is 0 Å². The van der Waals surface area contributed by atoms with Gasteiger partial charge in [-0.25, -0.2) is 0 Å². The van der Waals surface area contributed by atoms with E-state index in [0.717, 1.165) is 26.4 Å². The normalized spacial score (nSPS) is 15.1. The van der Waals surface area contributed by atoms with Crippen LogP contribution in [0.15, 0.2) is 64.7 Å². The number of aryl methyl sites for hydroxylation is 1. The van der Waals surface area contributed by atoms with Crippen molar-refractivity contribution in [1.29, 1.82) is 5.41 Å². The Morgan fingerprint density at radius 1 is 1.23 bits per heavy atom. The number of methoxy groups -OCH3 is 1. The van der Waals surface area contributed by atoms with Gasteiger partial charge in [-0.05, 0) is 48.8 Å². The number of nitrogens with one attached hydrogen (secondary N) is 1. The Balaban J connectivity index is 0.000000245. The Morgan fingerprint density at radius 2 is 1.87 bits per heavy atom. The molecule has 0 saturated heterocycles. The second-order valence-electron chi connectivity index (χ2n) is 7.29. The van der Waals surface area contributed by atoms with Gasteiger partial charge in [0.05, 0.1) is 25.1 Å². The molecule has 1 aliphatic rings. The van der Waals surface area contributed by atoms with E-state index in [9.17, 15) is 13.2 Å². The quantitative estimate of drug-likeness (QED) is 0.512. The standard InChI is InChI=1S/C13H13F3N2O.C10H12BrN/c1-9-7-12(13(14,15)16)18(17-9)8-10-3-5-11(19-2)6-4-10;1-7(2)6-8-9(11)4-3-5-10(8)12/h3-7H,8H2,1-2H3;3-7,12H,1-2H3/b;8-6-,12-10?. The summed E-state index contributed by atoms with van der Waals surface area (Å²) in [5.74, 6) is 1.14. The number of rotatable bonds is 4. The molecular formula is C23H25BrF3N3O. The third-order valence-corrected chi connectivity index (χ3v) is 4.93. The van der Waals surface area contributed by atoms with Crippen molar-refractivity contribution in [3.05, 3.63) is 81.6 Å². The summed E-state index contributed by atoms with van der Waals surface area (Å²) in [4.78, 5) is 0. The molecule has 4 nitrogen and oxygen atoms in total. The highest BCUT2D eigenvalue weighted by Crippen LogP contribution is 2.30. The molecular weight excluding hydrogens is 471 g/mol. The Morgan fingerprint density at radius 3 is 2.39 bits per heavy atom. The van der Waals surface area contributed by atoms with E-state index in [-0.39, 0.29) is 6.54 Å². The molecule has 0 saturated carbocycles. The lowest BCUT2D eigenvalue weighted by Crippen LogP contribution is -2.15. The van der Waals surface area contributed by atoms with Gasteiger partial charge in [-0.15, -0.1) is 0 Å². The molecule has 0 spiro atoms. The molecule has 8 heteroatoms. The summed E-state index contributed by atoms with van der Waals surface area (Å²) in [6, 6.07) is 7.90. The average molecular weight is 496 g/mol. The van der Waals surface area contributed by atoms with Crippen molar-refractivity contribution in [3.63, 3.8) is 0 Å². The maximum absolute atomic E-state index is 12.8. The van der Waals surface area contributed by atoms with Gasteiger partial charge < -0.3 is 10.1 Å². The van der Waals surface area contributed by atoms with Crippen molar-refractivity contribution in [1.82, 2.24) is 9.78 Å². The highest BCUT2D eigenvalue weighted by Gasteiger charge is 2.35. The molecule has 1 N–H and O–H groups in total. The topological polar surface area (TPSA) is 50.9 Å². The maximum atomic E-state index is 12.8. The molecule has 0 fully saturated rings. The van der Waals surface area contributed by atoms with E-state index in [1.54, 1.807) is 37.3 Å². The fraction of sp³-hybridized carbons (Fsp3) is 0.304. The van der Waals surface area contributed by atoms with Crippen LogP contribution >= 0.6 is 15.9 Å². The van der Waals surface area contributed by atoms with Gasteiger partial charge in [0.2, 0.25) is 0 Å². The van der Waals surface area contributed by atoms with Crippen molar-refractivity contribution in [2.24, 2.45) is 5.92 Å². The number of halogens is 4. The highest BCUT2D eigenvalue weighted by atomic mass is 79.9. The molecule has 0 radical (unpaired) electrons. The van der Waals surface area contributed by atoms with Crippen molar-refractivity contribution < 1.29 is 17.9 Å². The number of aromatic nitrogens is 2. The molecule has 2 aromatic rings. The summed E-state index contributed by atoms with van der Waals surface area (Å²) in [5.41, 5.74) is 1.92. The van der Waals surface area contributed by atoms with Crippen LogP contribution in [0.25, 0.3) is 0 Å². The Bertz CT molecular complexity index is 1000. The fourth-order valence-electron chi connectivity index (χ4n) is 2.84. The minimum atomic E-state index is -4.40. The van der Waals surface area contributed by atoms with Gasteiger partial charge in [-0.1, -0.05) is 54.1 Å². The van der Waals surface area contributed by atoms with Crippen LogP contribution in [-0.2, 0) is 12.7 Å². The van der Waals surface area contributed by atoms with E-state index < -0.39 is 11.9 Å². The van der Waals surface area contributed by atoms with Crippen molar-refractivity contribution >= 4 is 21.6 Å². The number of hydrogen-bond donors (Lipinski definition) is 1. The second kappa shape index (κ2) is 10.6. The molecule has 31 heavy (non-hydrogen) atoms. The summed E-state index contributed by atoms with van der Waals surface area (Å²) in [6.07, 6.45) is 3.34.